The maximum absolute atomic E-state index is 12.5. The molecule has 0 saturated carbocycles. The minimum Gasteiger partial charge on any atom is -0.395 e. The third kappa shape index (κ3) is 7.18. The highest BCUT2D eigenvalue weighted by Gasteiger charge is 2.15. The second kappa shape index (κ2) is 10.1. The van der Waals surface area contributed by atoms with Crippen LogP contribution in [0.25, 0.3) is 0 Å². The lowest BCUT2D eigenvalue weighted by Crippen LogP contribution is -2.35. The molecule has 2 N–H and O–H groups in total. The van der Waals surface area contributed by atoms with Gasteiger partial charge in [-0.15, -0.1) is 0 Å². The summed E-state index contributed by atoms with van der Waals surface area (Å²) in [4.78, 5) is 1.59. The van der Waals surface area contributed by atoms with Crippen molar-refractivity contribution < 1.29 is 13.9 Å². The molecule has 6 heteroatoms. The number of rotatable bonds is 10. The first-order valence-corrected chi connectivity index (χ1v) is 7.54. The number of aliphatic hydroxyl groups is 1. The van der Waals surface area contributed by atoms with Crippen molar-refractivity contribution in [1.29, 1.82) is 0 Å². The van der Waals surface area contributed by atoms with Crippen LogP contribution in [-0.2, 0) is 0 Å². The summed E-state index contributed by atoms with van der Waals surface area (Å²) in [7, 11) is 0. The smallest absolute Gasteiger partial charge is 0.251 e. The first-order valence-electron chi connectivity index (χ1n) is 7.17. The minimum atomic E-state index is -2.38. The number of benzene rings is 1. The third-order valence-corrected chi connectivity index (χ3v) is 3.52. The lowest BCUT2D eigenvalue weighted by molar-refractivity contribution is 0.0762. The Morgan fingerprint density at radius 2 is 1.90 bits per heavy atom. The molecular weight excluding hydrogens is 298 g/mol. The maximum atomic E-state index is 12.5. The van der Waals surface area contributed by atoms with E-state index in [0.29, 0.717) is 18.0 Å². The van der Waals surface area contributed by atoms with Crippen LogP contribution in [0.5, 0.6) is 0 Å². The Bertz CT molecular complexity index is 390. The fourth-order valence-corrected chi connectivity index (χ4v) is 2.40. The number of nitrogens with one attached hydrogen (secondary N) is 1. The van der Waals surface area contributed by atoms with Gasteiger partial charge in [-0.25, -0.2) is 8.78 Å². The van der Waals surface area contributed by atoms with E-state index in [0.717, 1.165) is 12.1 Å². The van der Waals surface area contributed by atoms with Gasteiger partial charge in [0.05, 0.1) is 13.2 Å². The van der Waals surface area contributed by atoms with Gasteiger partial charge < -0.3 is 10.4 Å². The Labute approximate surface area is 129 Å². The van der Waals surface area contributed by atoms with Gasteiger partial charge in [-0.3, -0.25) is 4.90 Å². The zero-order chi connectivity index (χ0) is 15.7. The fraction of sp³-hybridized carbons (Fsp3) is 0.600. The molecule has 120 valence electrons. The molecule has 0 aromatic heterocycles. The van der Waals surface area contributed by atoms with Gasteiger partial charge in [0.1, 0.15) is 0 Å². The minimum absolute atomic E-state index is 0.0890. The summed E-state index contributed by atoms with van der Waals surface area (Å²) in [6.45, 7) is 3.16. The van der Waals surface area contributed by atoms with Crippen LogP contribution >= 0.6 is 11.6 Å². The molecule has 0 aliphatic heterocycles. The molecule has 0 saturated heterocycles. The van der Waals surface area contributed by atoms with E-state index in [4.69, 9.17) is 16.7 Å². The molecule has 0 bridgehead atoms. The lowest BCUT2D eigenvalue weighted by atomic mass is 10.0. The van der Waals surface area contributed by atoms with Crippen LogP contribution in [0.2, 0.25) is 5.02 Å². The van der Waals surface area contributed by atoms with Crippen molar-refractivity contribution in [1.82, 2.24) is 10.2 Å². The van der Waals surface area contributed by atoms with Gasteiger partial charge >= 0.3 is 0 Å². The number of alkyl halides is 2. The molecule has 1 atom stereocenters. The summed E-state index contributed by atoms with van der Waals surface area (Å²) in [6, 6.07) is 7.63. The fourth-order valence-electron chi connectivity index (χ4n) is 2.27. The van der Waals surface area contributed by atoms with Gasteiger partial charge in [0.2, 0.25) is 0 Å². The predicted octanol–water partition coefficient (Wildman–Crippen LogP) is 2.94. The molecule has 1 aromatic carbocycles. The monoisotopic (exact) mass is 320 g/mol. The molecule has 3 nitrogen and oxygen atoms in total. The molecule has 0 fully saturated rings. The van der Waals surface area contributed by atoms with Crippen molar-refractivity contribution in [3.63, 3.8) is 0 Å². The van der Waals surface area contributed by atoms with Crippen molar-refractivity contribution in [2.45, 2.75) is 25.8 Å². The van der Waals surface area contributed by atoms with Crippen LogP contribution in [0.1, 0.15) is 24.9 Å². The molecule has 0 spiro atoms. The van der Waals surface area contributed by atoms with Gasteiger partial charge in [0.25, 0.3) is 6.43 Å². The highest BCUT2D eigenvalue weighted by molar-refractivity contribution is 6.30. The van der Waals surface area contributed by atoms with E-state index in [1.807, 2.05) is 31.2 Å². The summed E-state index contributed by atoms with van der Waals surface area (Å²) in [5, 5.41) is 13.0. The predicted molar refractivity (Wildman–Crippen MR) is 82.0 cm³/mol. The average Bonchev–Trinajstić information content (AvgIpc) is 2.44. The first kappa shape index (κ1) is 18.3. The summed E-state index contributed by atoms with van der Waals surface area (Å²) >= 11 is 5.88. The maximum Gasteiger partial charge on any atom is 0.251 e. The van der Waals surface area contributed by atoms with Crippen LogP contribution in [0.15, 0.2) is 24.3 Å². The van der Waals surface area contributed by atoms with E-state index in [1.165, 1.54) is 0 Å². The Morgan fingerprint density at radius 1 is 1.24 bits per heavy atom. The summed E-state index contributed by atoms with van der Waals surface area (Å²) in [6.07, 6.45) is -1.69. The van der Waals surface area contributed by atoms with Crippen LogP contribution in [0, 0.1) is 0 Å². The molecule has 1 aromatic rings. The van der Waals surface area contributed by atoms with Crippen molar-refractivity contribution in [3.05, 3.63) is 34.9 Å². The number of hydrogen-bond donors (Lipinski definition) is 2. The normalized spacial score (nSPS) is 13.1. The lowest BCUT2D eigenvalue weighted by Gasteiger charge is -2.25. The number of nitrogens with zero attached hydrogens (tertiary/aromatic N) is 1. The van der Waals surface area contributed by atoms with E-state index in [2.05, 4.69) is 5.32 Å². The molecule has 0 radical (unpaired) electrons. The molecule has 0 amide bonds. The highest BCUT2D eigenvalue weighted by atomic mass is 35.5. The Kier molecular flexibility index (Phi) is 8.76. The number of halogens is 3. The molecule has 0 aliphatic carbocycles. The Balaban J connectivity index is 2.62. The van der Waals surface area contributed by atoms with Crippen LogP contribution in [0.4, 0.5) is 8.78 Å². The van der Waals surface area contributed by atoms with Crippen LogP contribution in [-0.4, -0.2) is 49.2 Å². The average molecular weight is 321 g/mol. The van der Waals surface area contributed by atoms with E-state index < -0.39 is 6.43 Å². The molecular formula is C15H23ClF2N2O. The van der Waals surface area contributed by atoms with Crippen LogP contribution < -0.4 is 5.32 Å². The standard InChI is InChI=1S/C15H23ClF2N2O/c1-2-19-14(12-3-5-13(16)6-4-12)7-8-20(9-10-21)11-15(17)18/h3-6,14-15,19,21H,2,7-11H2,1H3. The topological polar surface area (TPSA) is 35.5 Å². The highest BCUT2D eigenvalue weighted by Crippen LogP contribution is 2.20. The van der Waals surface area contributed by atoms with E-state index in [9.17, 15) is 8.78 Å². The molecule has 0 aliphatic rings. The van der Waals surface area contributed by atoms with Gasteiger partial charge in [0.15, 0.2) is 0 Å². The molecule has 1 unspecified atom stereocenters. The van der Waals surface area contributed by atoms with Gasteiger partial charge in [-0.1, -0.05) is 30.7 Å². The summed E-state index contributed by atoms with van der Waals surface area (Å²) in [5.41, 5.74) is 1.09. The zero-order valence-electron chi connectivity index (χ0n) is 12.2. The molecule has 21 heavy (non-hydrogen) atoms. The van der Waals surface area contributed by atoms with E-state index >= 15 is 0 Å². The summed E-state index contributed by atoms with van der Waals surface area (Å²) in [5.74, 6) is 0. The Morgan fingerprint density at radius 3 is 2.43 bits per heavy atom. The van der Waals surface area contributed by atoms with E-state index in [-0.39, 0.29) is 25.7 Å². The number of aliphatic hydroxyl groups excluding tert-OH is 1. The van der Waals surface area contributed by atoms with Gasteiger partial charge in [-0.05, 0) is 30.7 Å². The van der Waals surface area contributed by atoms with Crippen molar-refractivity contribution >= 4 is 11.6 Å². The van der Waals surface area contributed by atoms with Crippen molar-refractivity contribution in [2.75, 3.05) is 32.8 Å². The zero-order valence-corrected chi connectivity index (χ0v) is 13.0. The Hall–Kier alpha value is -0.750. The quantitative estimate of drug-likeness (QED) is 0.696. The van der Waals surface area contributed by atoms with Crippen LogP contribution in [0.3, 0.4) is 0 Å². The van der Waals surface area contributed by atoms with Crippen molar-refractivity contribution in [2.24, 2.45) is 0 Å². The second-order valence-corrected chi connectivity index (χ2v) is 5.30. The molecule has 0 heterocycles. The molecule has 1 rings (SSSR count). The number of hydrogen-bond acceptors (Lipinski definition) is 3. The van der Waals surface area contributed by atoms with Gasteiger partial charge in [0, 0.05) is 24.2 Å². The van der Waals surface area contributed by atoms with Crippen molar-refractivity contribution in [3.8, 4) is 0 Å². The van der Waals surface area contributed by atoms with Gasteiger partial charge in [-0.2, -0.15) is 0 Å². The largest absolute Gasteiger partial charge is 0.395 e. The SMILES string of the molecule is CCNC(CCN(CCO)CC(F)F)c1ccc(Cl)cc1. The first-order chi connectivity index (χ1) is 10.1. The van der Waals surface area contributed by atoms with E-state index in [1.54, 1.807) is 4.90 Å². The summed E-state index contributed by atoms with van der Waals surface area (Å²) < 4.78 is 25.0. The third-order valence-electron chi connectivity index (χ3n) is 3.27. The second-order valence-electron chi connectivity index (χ2n) is 4.87.